The van der Waals surface area contributed by atoms with Crippen LogP contribution < -0.4 is 10.2 Å². The Morgan fingerprint density at radius 1 is 1.38 bits per heavy atom. The fourth-order valence-electron chi connectivity index (χ4n) is 3.01. The van der Waals surface area contributed by atoms with Gasteiger partial charge >= 0.3 is 0 Å². The van der Waals surface area contributed by atoms with E-state index in [1.165, 1.54) is 0 Å². The van der Waals surface area contributed by atoms with Gasteiger partial charge in [-0.2, -0.15) is 4.52 Å². The lowest BCUT2D eigenvalue weighted by Gasteiger charge is -2.32. The van der Waals surface area contributed by atoms with Gasteiger partial charge in [0.25, 0.3) is 0 Å². The number of anilines is 1. The summed E-state index contributed by atoms with van der Waals surface area (Å²) < 4.78 is 1.82. The third-order valence-electron chi connectivity index (χ3n) is 4.40. The summed E-state index contributed by atoms with van der Waals surface area (Å²) >= 11 is 0. The highest BCUT2D eigenvalue weighted by molar-refractivity contribution is 5.79. The van der Waals surface area contributed by atoms with Crippen LogP contribution in [0.5, 0.6) is 0 Å². The van der Waals surface area contributed by atoms with Gasteiger partial charge in [-0.3, -0.25) is 4.79 Å². The molecule has 7 nitrogen and oxygen atoms in total. The minimum Gasteiger partial charge on any atom is -0.355 e. The smallest absolute Gasteiger partial charge is 0.223 e. The van der Waals surface area contributed by atoms with E-state index in [-0.39, 0.29) is 17.7 Å². The molecule has 128 valence electrons. The second-order valence-corrected chi connectivity index (χ2v) is 6.47. The molecule has 3 heterocycles. The van der Waals surface area contributed by atoms with Crippen LogP contribution in [0.15, 0.2) is 24.8 Å². The van der Waals surface area contributed by atoms with Crippen molar-refractivity contribution in [2.24, 2.45) is 5.92 Å². The van der Waals surface area contributed by atoms with Gasteiger partial charge < -0.3 is 10.2 Å². The molecule has 1 saturated heterocycles. The van der Waals surface area contributed by atoms with Crippen molar-refractivity contribution in [3.8, 4) is 0 Å². The number of amides is 1. The highest BCUT2D eigenvalue weighted by atomic mass is 16.1. The molecule has 2 aromatic heterocycles. The van der Waals surface area contributed by atoms with E-state index in [0.29, 0.717) is 6.54 Å². The van der Waals surface area contributed by atoms with Crippen LogP contribution in [-0.4, -0.2) is 45.4 Å². The number of aromatic nitrogens is 4. The number of nitrogens with zero attached hydrogens (tertiary/aromatic N) is 5. The molecule has 1 N–H and O–H groups in total. The largest absolute Gasteiger partial charge is 0.355 e. The third kappa shape index (κ3) is 3.25. The van der Waals surface area contributed by atoms with Crippen molar-refractivity contribution >= 4 is 17.4 Å². The summed E-state index contributed by atoms with van der Waals surface area (Å²) in [6.45, 7) is 9.97. The standard InChI is InChI=1S/C17H24N6O/c1-4-9-18-17(24)13-7-10-22(11-8-13)15-6-5-14-19-20-16(12(2)3)23(14)21-15/h4-6,12-13H,1,7-11H2,2-3H3,(H,18,24). The summed E-state index contributed by atoms with van der Waals surface area (Å²) in [7, 11) is 0. The molecular weight excluding hydrogens is 304 g/mol. The predicted molar refractivity (Wildman–Crippen MR) is 93.0 cm³/mol. The molecule has 24 heavy (non-hydrogen) atoms. The number of hydrogen-bond donors (Lipinski definition) is 1. The minimum absolute atomic E-state index is 0.0751. The molecule has 0 unspecified atom stereocenters. The molecule has 0 aromatic carbocycles. The monoisotopic (exact) mass is 328 g/mol. The van der Waals surface area contributed by atoms with E-state index in [9.17, 15) is 4.79 Å². The Labute approximate surface area is 141 Å². The molecule has 0 saturated carbocycles. The van der Waals surface area contributed by atoms with E-state index in [4.69, 9.17) is 5.10 Å². The summed E-state index contributed by atoms with van der Waals surface area (Å²) in [6.07, 6.45) is 3.38. The molecule has 2 aromatic rings. The van der Waals surface area contributed by atoms with Crippen molar-refractivity contribution in [3.05, 3.63) is 30.6 Å². The van der Waals surface area contributed by atoms with Crippen LogP contribution in [0.2, 0.25) is 0 Å². The molecule has 1 amide bonds. The zero-order valence-electron chi connectivity index (χ0n) is 14.3. The van der Waals surface area contributed by atoms with E-state index in [1.807, 2.05) is 16.6 Å². The van der Waals surface area contributed by atoms with Crippen LogP contribution in [0.1, 0.15) is 38.4 Å². The Bertz CT molecular complexity index is 730. The second-order valence-electron chi connectivity index (χ2n) is 6.47. The summed E-state index contributed by atoms with van der Waals surface area (Å²) in [5, 5.41) is 16.0. The number of rotatable bonds is 5. The quantitative estimate of drug-likeness (QED) is 0.847. The first-order chi connectivity index (χ1) is 11.6. The van der Waals surface area contributed by atoms with E-state index in [2.05, 4.69) is 40.8 Å². The van der Waals surface area contributed by atoms with Gasteiger partial charge in [0.2, 0.25) is 5.91 Å². The molecule has 1 aliphatic rings. The molecule has 0 bridgehead atoms. The summed E-state index contributed by atoms with van der Waals surface area (Å²) in [4.78, 5) is 14.3. The van der Waals surface area contributed by atoms with Crippen LogP contribution in [0.3, 0.4) is 0 Å². The number of carbonyl (C=O) groups excluding carboxylic acids is 1. The molecule has 0 aliphatic carbocycles. The number of carbonyl (C=O) groups is 1. The van der Waals surface area contributed by atoms with Gasteiger partial charge in [0.05, 0.1) is 0 Å². The zero-order chi connectivity index (χ0) is 17.1. The molecule has 0 atom stereocenters. The van der Waals surface area contributed by atoms with Gasteiger partial charge in [-0.25, -0.2) is 0 Å². The fraction of sp³-hybridized carbons (Fsp3) is 0.529. The Hall–Kier alpha value is -2.44. The maximum Gasteiger partial charge on any atom is 0.223 e. The average molecular weight is 328 g/mol. The van der Waals surface area contributed by atoms with Crippen molar-refractivity contribution in [2.45, 2.75) is 32.6 Å². The first-order valence-corrected chi connectivity index (χ1v) is 8.46. The molecule has 7 heteroatoms. The third-order valence-corrected chi connectivity index (χ3v) is 4.40. The maximum atomic E-state index is 12.0. The SMILES string of the molecule is C=CCNC(=O)C1CCN(c2ccc3nnc(C(C)C)n3n2)CC1. The van der Waals surface area contributed by atoms with Crippen molar-refractivity contribution in [2.75, 3.05) is 24.5 Å². The highest BCUT2D eigenvalue weighted by Crippen LogP contribution is 2.23. The summed E-state index contributed by atoms with van der Waals surface area (Å²) in [5.74, 6) is 2.24. The number of fused-ring (bicyclic) bond motifs is 1. The van der Waals surface area contributed by atoms with Gasteiger partial charge in [0.1, 0.15) is 5.82 Å². The Kier molecular flexibility index (Phi) is 4.78. The van der Waals surface area contributed by atoms with Gasteiger partial charge in [-0.1, -0.05) is 19.9 Å². The predicted octanol–water partition coefficient (Wildman–Crippen LogP) is 1.77. The fourth-order valence-corrected chi connectivity index (χ4v) is 3.01. The minimum atomic E-state index is 0.0751. The van der Waals surface area contributed by atoms with E-state index >= 15 is 0 Å². The van der Waals surface area contributed by atoms with Gasteiger partial charge in [-0.05, 0) is 25.0 Å². The van der Waals surface area contributed by atoms with Crippen LogP contribution in [0.25, 0.3) is 5.65 Å². The van der Waals surface area contributed by atoms with Crippen molar-refractivity contribution in [1.82, 2.24) is 25.1 Å². The zero-order valence-corrected chi connectivity index (χ0v) is 14.3. The van der Waals surface area contributed by atoms with Crippen LogP contribution in [0, 0.1) is 5.92 Å². The van der Waals surface area contributed by atoms with E-state index < -0.39 is 0 Å². The van der Waals surface area contributed by atoms with Crippen LogP contribution in [0.4, 0.5) is 5.82 Å². The van der Waals surface area contributed by atoms with Crippen molar-refractivity contribution in [3.63, 3.8) is 0 Å². The number of hydrogen-bond acceptors (Lipinski definition) is 5. The van der Waals surface area contributed by atoms with E-state index in [0.717, 1.165) is 43.2 Å². The Morgan fingerprint density at radius 3 is 2.79 bits per heavy atom. The highest BCUT2D eigenvalue weighted by Gasteiger charge is 2.25. The molecule has 3 rings (SSSR count). The van der Waals surface area contributed by atoms with E-state index in [1.54, 1.807) is 6.08 Å². The van der Waals surface area contributed by atoms with Crippen molar-refractivity contribution < 1.29 is 4.79 Å². The maximum absolute atomic E-state index is 12.0. The average Bonchev–Trinajstić information content (AvgIpc) is 3.03. The van der Waals surface area contributed by atoms with Crippen molar-refractivity contribution in [1.29, 1.82) is 0 Å². The lowest BCUT2D eigenvalue weighted by molar-refractivity contribution is -0.125. The van der Waals surface area contributed by atoms with Gasteiger partial charge in [0.15, 0.2) is 11.5 Å². The van der Waals surface area contributed by atoms with Gasteiger partial charge in [0, 0.05) is 31.5 Å². The van der Waals surface area contributed by atoms with Gasteiger partial charge in [-0.15, -0.1) is 21.9 Å². The molecule has 1 fully saturated rings. The Morgan fingerprint density at radius 2 is 2.12 bits per heavy atom. The molecule has 0 radical (unpaired) electrons. The first-order valence-electron chi connectivity index (χ1n) is 8.46. The number of piperidine rings is 1. The number of nitrogens with one attached hydrogen (secondary N) is 1. The summed E-state index contributed by atoms with van der Waals surface area (Å²) in [6, 6.07) is 3.93. The lowest BCUT2D eigenvalue weighted by Crippen LogP contribution is -2.41. The van der Waals surface area contributed by atoms with Crippen LogP contribution >= 0.6 is 0 Å². The molecule has 1 aliphatic heterocycles. The normalized spacial score (nSPS) is 15.9. The lowest BCUT2D eigenvalue weighted by atomic mass is 9.96. The first kappa shape index (κ1) is 16.4. The second kappa shape index (κ2) is 6.98. The Balaban J connectivity index is 1.70. The summed E-state index contributed by atoms with van der Waals surface area (Å²) in [5.41, 5.74) is 0.765. The topological polar surface area (TPSA) is 75.4 Å². The molecular formula is C17H24N6O. The molecule has 0 spiro atoms. The van der Waals surface area contributed by atoms with Crippen LogP contribution in [-0.2, 0) is 4.79 Å².